The first-order valence-corrected chi connectivity index (χ1v) is 9.39. The summed E-state index contributed by atoms with van der Waals surface area (Å²) in [6.45, 7) is 7.64. The summed E-state index contributed by atoms with van der Waals surface area (Å²) in [5, 5.41) is 3.27. The zero-order valence-corrected chi connectivity index (χ0v) is 16.4. The van der Waals surface area contributed by atoms with Crippen LogP contribution in [-0.2, 0) is 6.42 Å². The molecule has 0 aromatic heterocycles. The van der Waals surface area contributed by atoms with E-state index < -0.39 is 0 Å². The molecule has 1 aliphatic rings. The predicted molar refractivity (Wildman–Crippen MR) is 118 cm³/mol. The van der Waals surface area contributed by atoms with Crippen LogP contribution in [0.2, 0.25) is 0 Å². The number of rotatable bonds is 6. The number of aryl methyl sites for hydroxylation is 2. The molecule has 28 heavy (non-hydrogen) atoms. The highest BCUT2D eigenvalue weighted by atomic mass is 19.1. The second kappa shape index (κ2) is 9.14. The van der Waals surface area contributed by atoms with Crippen molar-refractivity contribution in [2.75, 3.05) is 5.32 Å². The molecule has 2 aromatic carbocycles. The first-order chi connectivity index (χ1) is 13.5. The number of halogens is 1. The van der Waals surface area contributed by atoms with Crippen LogP contribution >= 0.6 is 0 Å². The van der Waals surface area contributed by atoms with Gasteiger partial charge in [0.2, 0.25) is 0 Å². The van der Waals surface area contributed by atoms with Gasteiger partial charge in [-0.1, -0.05) is 48.6 Å². The van der Waals surface area contributed by atoms with Crippen molar-refractivity contribution in [1.29, 1.82) is 0 Å². The average Bonchev–Trinajstić information content (AvgIpc) is 2.68. The maximum absolute atomic E-state index is 14.8. The third-order valence-electron chi connectivity index (χ3n) is 4.65. The lowest BCUT2D eigenvalue weighted by molar-refractivity contribution is 0.613. The molecule has 1 aliphatic heterocycles. The van der Waals surface area contributed by atoms with Gasteiger partial charge in [0.15, 0.2) is 0 Å². The molecule has 0 fully saturated rings. The van der Waals surface area contributed by atoms with Gasteiger partial charge >= 0.3 is 0 Å². The van der Waals surface area contributed by atoms with Crippen molar-refractivity contribution >= 4 is 17.6 Å². The second-order valence-corrected chi connectivity index (χ2v) is 6.94. The summed E-state index contributed by atoms with van der Waals surface area (Å²) in [6.07, 6.45) is 12.7. The van der Waals surface area contributed by atoms with Crippen molar-refractivity contribution in [2.45, 2.75) is 26.7 Å². The minimum Gasteiger partial charge on any atom is -0.355 e. The number of hydrogen-bond donors (Lipinski definition) is 1. The lowest BCUT2D eigenvalue weighted by Crippen LogP contribution is -2.03. The SMILES string of the molecule is C=C/C=C\C=C1/CC=C(Cc2c(C)cc(Nc3ccc(C)cc3)cc2F)C=N1. The average molecular weight is 372 g/mol. The molecule has 0 amide bonds. The minimum atomic E-state index is -0.195. The Balaban J connectivity index is 1.71. The van der Waals surface area contributed by atoms with Crippen molar-refractivity contribution < 1.29 is 4.39 Å². The van der Waals surface area contributed by atoms with Crippen LogP contribution in [0.5, 0.6) is 0 Å². The van der Waals surface area contributed by atoms with E-state index >= 15 is 0 Å². The van der Waals surface area contributed by atoms with Crippen molar-refractivity contribution in [2.24, 2.45) is 4.99 Å². The molecule has 0 aliphatic carbocycles. The monoisotopic (exact) mass is 372 g/mol. The van der Waals surface area contributed by atoms with Gasteiger partial charge in [-0.2, -0.15) is 0 Å². The topological polar surface area (TPSA) is 24.4 Å². The number of hydrogen-bond acceptors (Lipinski definition) is 2. The van der Waals surface area contributed by atoms with Gasteiger partial charge in [-0.3, -0.25) is 4.99 Å². The van der Waals surface area contributed by atoms with E-state index in [4.69, 9.17) is 0 Å². The molecule has 0 unspecified atom stereocenters. The fraction of sp³-hybridized carbons (Fsp3) is 0.160. The van der Waals surface area contributed by atoms with Gasteiger partial charge in [0.25, 0.3) is 0 Å². The molecule has 0 atom stereocenters. The first kappa shape index (κ1) is 19.6. The zero-order chi connectivity index (χ0) is 19.9. The second-order valence-electron chi connectivity index (χ2n) is 6.94. The molecule has 0 bridgehead atoms. The summed E-state index contributed by atoms with van der Waals surface area (Å²) in [6, 6.07) is 11.6. The number of anilines is 2. The Morgan fingerprint density at radius 1 is 1.11 bits per heavy atom. The van der Waals surface area contributed by atoms with E-state index in [0.29, 0.717) is 12.0 Å². The quantitative estimate of drug-likeness (QED) is 0.557. The van der Waals surface area contributed by atoms with Crippen molar-refractivity contribution in [3.8, 4) is 0 Å². The van der Waals surface area contributed by atoms with Crippen LogP contribution < -0.4 is 5.32 Å². The molecule has 2 aromatic rings. The minimum absolute atomic E-state index is 0.195. The molecular formula is C25H25FN2. The Kier molecular flexibility index (Phi) is 6.38. The molecule has 0 radical (unpaired) electrons. The number of aliphatic imine (C=N–C) groups is 1. The summed E-state index contributed by atoms with van der Waals surface area (Å²) in [4.78, 5) is 4.47. The molecule has 0 saturated heterocycles. The number of dihydropyridines is 1. The standard InChI is InChI=1S/C25H25FN2/c1-4-5-6-7-21-13-10-20(17-27-21)15-24-19(3)14-23(16-25(24)26)28-22-11-8-18(2)9-12-22/h4-12,14,16-17,28H,1,13,15H2,2-3H3/b6-5-,21-7+. The fourth-order valence-corrected chi connectivity index (χ4v) is 3.06. The Morgan fingerprint density at radius 3 is 2.54 bits per heavy atom. The molecule has 0 saturated carbocycles. The molecular weight excluding hydrogens is 347 g/mol. The molecule has 3 heteroatoms. The Labute approximate surface area is 166 Å². The van der Waals surface area contributed by atoms with Gasteiger partial charge in [-0.15, -0.1) is 0 Å². The molecule has 2 nitrogen and oxygen atoms in total. The maximum atomic E-state index is 14.8. The third kappa shape index (κ3) is 5.17. The number of allylic oxidation sites excluding steroid dienone is 6. The van der Waals surface area contributed by atoms with Crippen LogP contribution in [0, 0.1) is 19.7 Å². The van der Waals surface area contributed by atoms with Crippen molar-refractivity contribution in [3.63, 3.8) is 0 Å². The highest BCUT2D eigenvalue weighted by Gasteiger charge is 2.12. The lowest BCUT2D eigenvalue weighted by atomic mass is 9.97. The summed E-state index contributed by atoms with van der Waals surface area (Å²) in [5.41, 5.74) is 6.56. The highest BCUT2D eigenvalue weighted by molar-refractivity contribution is 5.81. The first-order valence-electron chi connectivity index (χ1n) is 9.39. The summed E-state index contributed by atoms with van der Waals surface area (Å²) in [5.74, 6) is -0.195. The van der Waals surface area contributed by atoms with E-state index in [2.05, 4.69) is 23.0 Å². The van der Waals surface area contributed by atoms with Crippen LogP contribution in [0.3, 0.4) is 0 Å². The van der Waals surface area contributed by atoms with Crippen LogP contribution in [-0.4, -0.2) is 6.21 Å². The molecule has 1 heterocycles. The largest absolute Gasteiger partial charge is 0.355 e. The molecule has 1 N–H and O–H groups in total. The van der Waals surface area contributed by atoms with E-state index in [1.807, 2.05) is 68.6 Å². The van der Waals surface area contributed by atoms with Crippen molar-refractivity contribution in [1.82, 2.24) is 0 Å². The summed E-state index contributed by atoms with van der Waals surface area (Å²) in [7, 11) is 0. The van der Waals surface area contributed by atoms with Gasteiger partial charge in [-0.25, -0.2) is 4.39 Å². The van der Waals surface area contributed by atoms with Crippen LogP contribution in [0.4, 0.5) is 15.8 Å². The maximum Gasteiger partial charge on any atom is 0.129 e. The fourth-order valence-electron chi connectivity index (χ4n) is 3.06. The van der Waals surface area contributed by atoms with E-state index in [1.165, 1.54) is 5.56 Å². The van der Waals surface area contributed by atoms with Gasteiger partial charge in [-0.05, 0) is 60.9 Å². The van der Waals surface area contributed by atoms with E-state index in [9.17, 15) is 4.39 Å². The van der Waals surface area contributed by atoms with Crippen LogP contribution in [0.15, 0.2) is 89.6 Å². The molecule has 3 rings (SSSR count). The summed E-state index contributed by atoms with van der Waals surface area (Å²) >= 11 is 0. The number of benzene rings is 2. The number of nitrogens with one attached hydrogen (secondary N) is 1. The molecule has 142 valence electrons. The van der Waals surface area contributed by atoms with Gasteiger partial charge in [0, 0.05) is 36.1 Å². The van der Waals surface area contributed by atoms with E-state index in [1.54, 1.807) is 12.1 Å². The lowest BCUT2D eigenvalue weighted by Gasteiger charge is -2.14. The van der Waals surface area contributed by atoms with Gasteiger partial charge < -0.3 is 5.32 Å². The smallest absolute Gasteiger partial charge is 0.129 e. The van der Waals surface area contributed by atoms with Gasteiger partial charge in [0.05, 0.1) is 0 Å². The van der Waals surface area contributed by atoms with Crippen LogP contribution in [0.1, 0.15) is 23.1 Å². The predicted octanol–water partition coefficient (Wildman–Crippen LogP) is 6.76. The Bertz CT molecular complexity index is 953. The number of nitrogens with zero attached hydrogens (tertiary/aromatic N) is 1. The van der Waals surface area contributed by atoms with E-state index in [0.717, 1.165) is 34.6 Å². The van der Waals surface area contributed by atoms with E-state index in [-0.39, 0.29) is 5.82 Å². The highest BCUT2D eigenvalue weighted by Crippen LogP contribution is 2.26. The summed E-state index contributed by atoms with van der Waals surface area (Å²) < 4.78 is 14.8. The van der Waals surface area contributed by atoms with Gasteiger partial charge in [0.1, 0.15) is 5.82 Å². The zero-order valence-electron chi connectivity index (χ0n) is 16.4. The molecule has 0 spiro atoms. The van der Waals surface area contributed by atoms with Crippen molar-refractivity contribution in [3.05, 3.63) is 107 Å². The normalized spacial score (nSPS) is 15.1. The third-order valence-corrected chi connectivity index (χ3v) is 4.65. The Hall–Kier alpha value is -3.20. The Morgan fingerprint density at radius 2 is 1.89 bits per heavy atom. The van der Waals surface area contributed by atoms with Crippen LogP contribution in [0.25, 0.3) is 0 Å².